The van der Waals surface area contributed by atoms with E-state index in [1.165, 1.54) is 0 Å². The van der Waals surface area contributed by atoms with Crippen LogP contribution in [0.5, 0.6) is 0 Å². The predicted molar refractivity (Wildman–Crippen MR) is 24.9 cm³/mol. The molecule has 0 spiro atoms. The molecule has 0 unspecified atom stereocenters. The molecule has 1 heterocycles. The Morgan fingerprint density at radius 3 is 2.57 bits per heavy atom. The van der Waals surface area contributed by atoms with Gasteiger partial charge in [-0.3, -0.25) is 5.43 Å². The van der Waals surface area contributed by atoms with E-state index < -0.39 is 0 Å². The summed E-state index contributed by atoms with van der Waals surface area (Å²) < 4.78 is 12.0. The van der Waals surface area contributed by atoms with Crippen molar-refractivity contribution in [1.29, 1.82) is 0 Å². The second-order valence-corrected chi connectivity index (χ2v) is 1.57. The van der Waals surface area contributed by atoms with Crippen molar-refractivity contribution in [3.05, 3.63) is 11.5 Å². The minimum absolute atomic E-state index is 0.236. The standard InChI is InChI=1S/C4H7FN2/c1-3-2-6-7-4(3)5/h6-7H,2H2,1H3. The Balaban J connectivity index is 2.64. The molecule has 7 heavy (non-hydrogen) atoms. The van der Waals surface area contributed by atoms with Gasteiger partial charge in [-0.05, 0) is 12.5 Å². The van der Waals surface area contributed by atoms with Gasteiger partial charge in [-0.2, -0.15) is 4.39 Å². The maximum atomic E-state index is 12.0. The smallest absolute Gasteiger partial charge is 0.201 e. The van der Waals surface area contributed by atoms with Crippen LogP contribution in [0.1, 0.15) is 6.92 Å². The Hall–Kier alpha value is -0.570. The Labute approximate surface area is 41.4 Å². The largest absolute Gasteiger partial charge is 0.297 e. The van der Waals surface area contributed by atoms with Crippen LogP contribution in [0.2, 0.25) is 0 Å². The van der Waals surface area contributed by atoms with Gasteiger partial charge in [-0.15, -0.1) is 0 Å². The summed E-state index contributed by atoms with van der Waals surface area (Å²) in [5.74, 6) is -0.236. The van der Waals surface area contributed by atoms with Crippen molar-refractivity contribution in [1.82, 2.24) is 10.9 Å². The Morgan fingerprint density at radius 2 is 2.43 bits per heavy atom. The molecule has 0 amide bonds. The summed E-state index contributed by atoms with van der Waals surface area (Å²) in [6.07, 6.45) is 0. The molecule has 0 saturated carbocycles. The van der Waals surface area contributed by atoms with Gasteiger partial charge in [-0.1, -0.05) is 0 Å². The molecule has 0 fully saturated rings. The van der Waals surface area contributed by atoms with Crippen LogP contribution < -0.4 is 10.9 Å². The molecule has 1 rings (SSSR count). The highest BCUT2D eigenvalue weighted by atomic mass is 19.1. The lowest BCUT2D eigenvalue weighted by molar-refractivity contribution is 0.527. The van der Waals surface area contributed by atoms with Crippen LogP contribution in [-0.2, 0) is 0 Å². The number of halogens is 1. The van der Waals surface area contributed by atoms with Crippen LogP contribution in [0, 0.1) is 0 Å². The van der Waals surface area contributed by atoms with E-state index in [1.54, 1.807) is 6.92 Å². The van der Waals surface area contributed by atoms with Gasteiger partial charge in [0.15, 0.2) is 0 Å². The van der Waals surface area contributed by atoms with Gasteiger partial charge in [0, 0.05) is 6.54 Å². The summed E-state index contributed by atoms with van der Waals surface area (Å²) in [6, 6.07) is 0. The summed E-state index contributed by atoms with van der Waals surface area (Å²) in [5.41, 5.74) is 5.69. The molecule has 2 nitrogen and oxygen atoms in total. The van der Waals surface area contributed by atoms with Gasteiger partial charge in [0.05, 0.1) is 0 Å². The summed E-state index contributed by atoms with van der Waals surface area (Å²) in [4.78, 5) is 0. The minimum Gasteiger partial charge on any atom is -0.297 e. The quantitative estimate of drug-likeness (QED) is 0.430. The summed E-state index contributed by atoms with van der Waals surface area (Å²) in [6.45, 7) is 2.36. The Morgan fingerprint density at radius 1 is 1.71 bits per heavy atom. The van der Waals surface area contributed by atoms with E-state index >= 15 is 0 Å². The van der Waals surface area contributed by atoms with E-state index in [9.17, 15) is 4.39 Å². The summed E-state index contributed by atoms with van der Waals surface area (Å²) in [5, 5.41) is 0. The molecule has 0 radical (unpaired) electrons. The van der Waals surface area contributed by atoms with Gasteiger partial charge in [0.1, 0.15) is 0 Å². The van der Waals surface area contributed by atoms with Gasteiger partial charge in [0.25, 0.3) is 0 Å². The molecule has 0 bridgehead atoms. The van der Waals surface area contributed by atoms with Crippen molar-refractivity contribution in [2.75, 3.05) is 6.54 Å². The number of rotatable bonds is 0. The zero-order chi connectivity index (χ0) is 5.28. The maximum absolute atomic E-state index is 12.0. The van der Waals surface area contributed by atoms with Gasteiger partial charge in [0.2, 0.25) is 5.95 Å². The predicted octanol–water partition coefficient (Wildman–Crippen LogP) is 0.295. The lowest BCUT2D eigenvalue weighted by Gasteiger charge is -1.87. The molecule has 2 N–H and O–H groups in total. The Bertz CT molecular complexity index is 96.3. The fourth-order valence-electron chi connectivity index (χ4n) is 0.439. The van der Waals surface area contributed by atoms with E-state index in [-0.39, 0.29) is 5.95 Å². The van der Waals surface area contributed by atoms with Gasteiger partial charge < -0.3 is 0 Å². The fraction of sp³-hybridized carbons (Fsp3) is 0.500. The van der Waals surface area contributed by atoms with Gasteiger partial charge >= 0.3 is 0 Å². The Kier molecular flexibility index (Phi) is 0.982. The maximum Gasteiger partial charge on any atom is 0.201 e. The molecule has 0 saturated heterocycles. The molecule has 40 valence electrons. The third-order valence-corrected chi connectivity index (χ3v) is 0.926. The average molecular weight is 102 g/mol. The highest BCUT2D eigenvalue weighted by molar-refractivity contribution is 5.08. The molecule has 0 aromatic carbocycles. The topological polar surface area (TPSA) is 24.1 Å². The van der Waals surface area contributed by atoms with E-state index in [4.69, 9.17) is 0 Å². The number of nitrogens with one attached hydrogen (secondary N) is 2. The van der Waals surface area contributed by atoms with Crippen molar-refractivity contribution in [3.63, 3.8) is 0 Å². The van der Waals surface area contributed by atoms with E-state index in [2.05, 4.69) is 10.9 Å². The molecule has 1 aliphatic heterocycles. The van der Waals surface area contributed by atoms with Crippen LogP contribution in [0.4, 0.5) is 4.39 Å². The van der Waals surface area contributed by atoms with Crippen LogP contribution in [-0.4, -0.2) is 6.54 Å². The molecule has 1 aliphatic rings. The van der Waals surface area contributed by atoms with Crippen molar-refractivity contribution >= 4 is 0 Å². The van der Waals surface area contributed by atoms with Crippen molar-refractivity contribution in [2.45, 2.75) is 6.92 Å². The van der Waals surface area contributed by atoms with E-state index in [0.29, 0.717) is 6.54 Å². The highest BCUT2D eigenvalue weighted by Crippen LogP contribution is 2.03. The molecule has 0 atom stereocenters. The zero-order valence-corrected chi connectivity index (χ0v) is 4.09. The zero-order valence-electron chi connectivity index (χ0n) is 4.09. The summed E-state index contributed by atoms with van der Waals surface area (Å²) in [7, 11) is 0. The summed E-state index contributed by atoms with van der Waals surface area (Å²) >= 11 is 0. The van der Waals surface area contributed by atoms with Crippen LogP contribution in [0.3, 0.4) is 0 Å². The third kappa shape index (κ3) is 0.718. The average Bonchev–Trinajstić information content (AvgIpc) is 1.91. The van der Waals surface area contributed by atoms with Crippen LogP contribution in [0.25, 0.3) is 0 Å². The first-order chi connectivity index (χ1) is 3.30. The van der Waals surface area contributed by atoms with Gasteiger partial charge in [-0.25, -0.2) is 5.43 Å². The lowest BCUT2D eigenvalue weighted by atomic mass is 10.3. The van der Waals surface area contributed by atoms with Crippen LogP contribution >= 0.6 is 0 Å². The minimum atomic E-state index is -0.236. The third-order valence-electron chi connectivity index (χ3n) is 0.926. The molecule has 3 heteroatoms. The number of hydrazine groups is 1. The molecular formula is C4H7FN2. The van der Waals surface area contributed by atoms with E-state index in [0.717, 1.165) is 5.57 Å². The molecule has 0 aromatic heterocycles. The molecule has 0 aliphatic carbocycles. The first kappa shape index (κ1) is 4.59. The van der Waals surface area contributed by atoms with Crippen LogP contribution in [0.15, 0.2) is 11.5 Å². The highest BCUT2D eigenvalue weighted by Gasteiger charge is 2.05. The van der Waals surface area contributed by atoms with Crippen molar-refractivity contribution in [2.24, 2.45) is 0 Å². The normalized spacial score (nSPS) is 20.3. The monoisotopic (exact) mass is 102 g/mol. The number of hydrogen-bond donors (Lipinski definition) is 2. The van der Waals surface area contributed by atoms with Crippen molar-refractivity contribution in [3.8, 4) is 0 Å². The molecular weight excluding hydrogens is 95.1 g/mol. The van der Waals surface area contributed by atoms with E-state index in [1.807, 2.05) is 0 Å². The first-order valence-corrected chi connectivity index (χ1v) is 2.15. The SMILES string of the molecule is CC1=C(F)NNC1. The second kappa shape index (κ2) is 1.50. The fourth-order valence-corrected chi connectivity index (χ4v) is 0.439. The second-order valence-electron chi connectivity index (χ2n) is 1.57. The lowest BCUT2D eigenvalue weighted by Crippen LogP contribution is -2.22. The van der Waals surface area contributed by atoms with Crippen molar-refractivity contribution < 1.29 is 4.39 Å². The first-order valence-electron chi connectivity index (χ1n) is 2.15. The number of hydrogen-bond acceptors (Lipinski definition) is 2. The molecule has 0 aromatic rings.